The molecular formula is C25H26F6N2O4S. The Morgan fingerprint density at radius 2 is 1.53 bits per heavy atom. The van der Waals surface area contributed by atoms with Crippen molar-refractivity contribution in [2.45, 2.75) is 49.8 Å². The smallest absolute Gasteiger partial charge is 0.332 e. The number of amides is 1. The van der Waals surface area contributed by atoms with Gasteiger partial charge < -0.3 is 4.90 Å². The molecule has 3 atom stereocenters. The van der Waals surface area contributed by atoms with E-state index in [0.717, 1.165) is 11.8 Å². The van der Waals surface area contributed by atoms with Gasteiger partial charge in [-0.2, -0.15) is 34.8 Å². The van der Waals surface area contributed by atoms with Crippen LogP contribution in [0.4, 0.5) is 26.3 Å². The van der Waals surface area contributed by atoms with Crippen molar-refractivity contribution < 1.29 is 43.7 Å². The van der Waals surface area contributed by atoms with Crippen LogP contribution in [0, 0.1) is 0 Å². The zero-order valence-electron chi connectivity index (χ0n) is 20.3. The number of piperidine rings is 1. The van der Waals surface area contributed by atoms with Crippen molar-refractivity contribution in [2.24, 2.45) is 0 Å². The van der Waals surface area contributed by atoms with E-state index in [-0.39, 0.29) is 31.7 Å². The molecule has 208 valence electrons. The molecule has 0 unspecified atom stereocenters. The number of benzene rings is 2. The molecule has 2 aromatic carbocycles. The van der Waals surface area contributed by atoms with Crippen LogP contribution in [0.5, 0.6) is 0 Å². The highest BCUT2D eigenvalue weighted by molar-refractivity contribution is 7.86. The summed E-state index contributed by atoms with van der Waals surface area (Å²) in [5.41, 5.74) is -2.96. The summed E-state index contributed by atoms with van der Waals surface area (Å²) in [6.07, 6.45) is -8.65. The summed E-state index contributed by atoms with van der Waals surface area (Å²) in [6.45, 7) is 0.590. The Balaban J connectivity index is 1.67. The zero-order chi connectivity index (χ0) is 27.9. The number of hydrogen-bond donors (Lipinski definition) is 0. The maximum absolute atomic E-state index is 13.6. The third-order valence-corrected chi connectivity index (χ3v) is 7.41. The second-order valence-electron chi connectivity index (χ2n) is 9.70. The number of fused-ring (bicyclic) bond motifs is 1. The second-order valence-corrected chi connectivity index (χ2v) is 11.3. The summed E-state index contributed by atoms with van der Waals surface area (Å²) in [4.78, 5) is 16.9. The number of hydrogen-bond acceptors (Lipinski definition) is 5. The van der Waals surface area contributed by atoms with Crippen molar-refractivity contribution in [3.63, 3.8) is 0 Å². The van der Waals surface area contributed by atoms with Gasteiger partial charge in [0.25, 0.3) is 16.0 Å². The van der Waals surface area contributed by atoms with E-state index in [1.165, 1.54) is 4.90 Å². The normalized spacial score (nSPS) is 23.2. The molecule has 4 rings (SSSR count). The summed E-state index contributed by atoms with van der Waals surface area (Å²) in [5, 5.41) is 0. The van der Waals surface area contributed by atoms with Crippen LogP contribution >= 0.6 is 0 Å². The Morgan fingerprint density at radius 3 is 2.08 bits per heavy atom. The van der Waals surface area contributed by atoms with Gasteiger partial charge in [0.05, 0.1) is 23.5 Å². The number of piperazine rings is 1. The molecule has 2 aromatic rings. The fraction of sp³-hybridized carbons (Fsp3) is 0.480. The van der Waals surface area contributed by atoms with Gasteiger partial charge in [0.2, 0.25) is 0 Å². The van der Waals surface area contributed by atoms with Gasteiger partial charge in [0.15, 0.2) is 0 Å². The Hall–Kier alpha value is -2.64. The van der Waals surface area contributed by atoms with Crippen LogP contribution in [-0.4, -0.2) is 68.2 Å². The van der Waals surface area contributed by atoms with Crippen LogP contribution < -0.4 is 0 Å². The molecule has 1 amide bonds. The number of alkyl halides is 6. The van der Waals surface area contributed by atoms with Crippen molar-refractivity contribution in [3.8, 4) is 0 Å². The summed E-state index contributed by atoms with van der Waals surface area (Å²) >= 11 is 0. The molecule has 2 aliphatic heterocycles. The average molecular weight is 565 g/mol. The summed E-state index contributed by atoms with van der Waals surface area (Å²) in [6, 6.07) is 9.07. The molecule has 0 saturated carbocycles. The average Bonchev–Trinajstić information content (AvgIpc) is 2.81. The molecule has 2 saturated heterocycles. The minimum absolute atomic E-state index is 0.000767. The molecule has 38 heavy (non-hydrogen) atoms. The van der Waals surface area contributed by atoms with Crippen molar-refractivity contribution in [3.05, 3.63) is 70.8 Å². The van der Waals surface area contributed by atoms with E-state index in [9.17, 15) is 39.6 Å². The lowest BCUT2D eigenvalue weighted by Gasteiger charge is -2.49. The molecule has 0 bridgehead atoms. The molecule has 2 aliphatic rings. The third-order valence-electron chi connectivity index (χ3n) is 6.79. The minimum Gasteiger partial charge on any atom is -0.332 e. The van der Waals surface area contributed by atoms with Crippen LogP contribution in [0.1, 0.15) is 39.9 Å². The van der Waals surface area contributed by atoms with Crippen LogP contribution in [0.2, 0.25) is 0 Å². The summed E-state index contributed by atoms with van der Waals surface area (Å²) < 4.78 is 109. The predicted molar refractivity (Wildman–Crippen MR) is 126 cm³/mol. The fourth-order valence-corrected chi connectivity index (χ4v) is 5.77. The number of nitrogens with zero attached hydrogens (tertiary/aromatic N) is 2. The molecule has 0 spiro atoms. The first-order valence-electron chi connectivity index (χ1n) is 11.9. The predicted octanol–water partition coefficient (Wildman–Crippen LogP) is 4.60. The molecule has 6 nitrogen and oxygen atoms in total. The second kappa shape index (κ2) is 10.5. The first-order valence-corrected chi connectivity index (χ1v) is 13.7. The van der Waals surface area contributed by atoms with E-state index in [1.807, 2.05) is 17.0 Å². The molecular weight excluding hydrogens is 538 g/mol. The van der Waals surface area contributed by atoms with Gasteiger partial charge in [0.1, 0.15) is 0 Å². The summed E-state index contributed by atoms with van der Waals surface area (Å²) in [7, 11) is -3.69. The van der Waals surface area contributed by atoms with Gasteiger partial charge in [0, 0.05) is 37.3 Å². The Morgan fingerprint density at radius 1 is 0.921 bits per heavy atom. The lowest BCUT2D eigenvalue weighted by Crippen LogP contribution is -2.63. The van der Waals surface area contributed by atoms with Crippen LogP contribution in [0.3, 0.4) is 0 Å². The Kier molecular flexibility index (Phi) is 7.84. The molecule has 0 N–H and O–H groups in total. The van der Waals surface area contributed by atoms with E-state index in [0.29, 0.717) is 31.4 Å². The molecule has 0 aliphatic carbocycles. The first-order chi connectivity index (χ1) is 17.6. The standard InChI is InChI=1S/C25H26F6N2O4S/c1-38(35,36)37-22-8-7-20-14-33(21(13-32(20)15-22)9-16-5-3-2-4-6-16)23(34)17-10-18(24(26,27)28)12-19(11-17)25(29,30)31/h2-6,10-12,20-22H,7-9,13-15H2,1H3/t20-,21-,22+/m1/s1. The van der Waals surface area contributed by atoms with E-state index >= 15 is 0 Å². The van der Waals surface area contributed by atoms with Gasteiger partial charge in [-0.25, -0.2) is 0 Å². The monoisotopic (exact) mass is 564 g/mol. The highest BCUT2D eigenvalue weighted by Crippen LogP contribution is 2.37. The minimum atomic E-state index is -5.07. The van der Waals surface area contributed by atoms with Crippen molar-refractivity contribution in [2.75, 3.05) is 25.9 Å². The van der Waals surface area contributed by atoms with Gasteiger partial charge in [-0.05, 0) is 43.0 Å². The first kappa shape index (κ1) is 28.4. The van der Waals surface area contributed by atoms with E-state index in [2.05, 4.69) is 0 Å². The van der Waals surface area contributed by atoms with Gasteiger partial charge >= 0.3 is 12.4 Å². The SMILES string of the molecule is CS(=O)(=O)O[C@H]1CC[C@@H]2CN(C(=O)c3cc(C(F)(F)F)cc(C(F)(F)F)c3)[C@H](Cc3ccccc3)CN2C1. The molecule has 0 radical (unpaired) electrons. The number of halogens is 6. The lowest BCUT2D eigenvalue weighted by atomic mass is 9.92. The fourth-order valence-electron chi connectivity index (χ4n) is 5.12. The van der Waals surface area contributed by atoms with Crippen LogP contribution in [0.25, 0.3) is 0 Å². The van der Waals surface area contributed by atoms with Gasteiger partial charge in [-0.1, -0.05) is 30.3 Å². The van der Waals surface area contributed by atoms with Crippen molar-refractivity contribution in [1.82, 2.24) is 9.80 Å². The highest BCUT2D eigenvalue weighted by Gasteiger charge is 2.42. The van der Waals surface area contributed by atoms with Gasteiger partial charge in [-0.3, -0.25) is 13.9 Å². The number of rotatable bonds is 5. The molecule has 2 heterocycles. The summed E-state index contributed by atoms with van der Waals surface area (Å²) in [5.74, 6) is -0.920. The Bertz CT molecular complexity index is 1230. The maximum atomic E-state index is 13.6. The molecule has 0 aromatic heterocycles. The largest absolute Gasteiger partial charge is 0.416 e. The van der Waals surface area contributed by atoms with Crippen molar-refractivity contribution in [1.29, 1.82) is 0 Å². The van der Waals surface area contributed by atoms with E-state index < -0.39 is 57.2 Å². The number of carbonyl (C=O) groups excluding carboxylic acids is 1. The number of carbonyl (C=O) groups is 1. The topological polar surface area (TPSA) is 66.9 Å². The van der Waals surface area contributed by atoms with E-state index in [4.69, 9.17) is 4.18 Å². The zero-order valence-corrected chi connectivity index (χ0v) is 21.1. The van der Waals surface area contributed by atoms with E-state index in [1.54, 1.807) is 18.2 Å². The van der Waals surface area contributed by atoms with Crippen molar-refractivity contribution >= 4 is 16.0 Å². The highest BCUT2D eigenvalue weighted by atomic mass is 32.2. The molecule has 2 fully saturated rings. The van der Waals surface area contributed by atoms with Crippen LogP contribution in [-0.2, 0) is 33.1 Å². The van der Waals surface area contributed by atoms with Gasteiger partial charge in [-0.15, -0.1) is 0 Å². The third kappa shape index (κ3) is 6.86. The Labute approximate surface area is 216 Å². The molecule has 13 heteroatoms. The quantitative estimate of drug-likeness (QED) is 0.393. The lowest BCUT2D eigenvalue weighted by molar-refractivity contribution is -0.143. The van der Waals surface area contributed by atoms with Crippen LogP contribution in [0.15, 0.2) is 48.5 Å². The maximum Gasteiger partial charge on any atom is 0.416 e.